The van der Waals surface area contributed by atoms with Crippen molar-refractivity contribution >= 4 is 41.7 Å². The molecule has 1 atom stereocenters. The third-order valence-corrected chi connectivity index (χ3v) is 6.14. The van der Waals surface area contributed by atoms with Crippen molar-refractivity contribution in [2.75, 3.05) is 32.9 Å². The van der Waals surface area contributed by atoms with Gasteiger partial charge in [-0.15, -0.1) is 24.0 Å². The highest BCUT2D eigenvalue weighted by molar-refractivity contribution is 14.0. The van der Waals surface area contributed by atoms with E-state index >= 15 is 0 Å². The Balaban J connectivity index is 0.00000312. The summed E-state index contributed by atoms with van der Waals surface area (Å²) in [6.07, 6.45) is 2.61. The van der Waals surface area contributed by atoms with Crippen LogP contribution in [0.2, 0.25) is 0 Å². The van der Waals surface area contributed by atoms with Gasteiger partial charge < -0.3 is 15.5 Å². The van der Waals surface area contributed by atoms with Gasteiger partial charge in [0.05, 0.1) is 0 Å². The molecule has 0 aromatic heterocycles. The lowest BCUT2D eigenvalue weighted by atomic mass is 10.1. The summed E-state index contributed by atoms with van der Waals surface area (Å²) >= 11 is 2.07. The van der Waals surface area contributed by atoms with Crippen molar-refractivity contribution in [3.05, 3.63) is 35.4 Å². The molecule has 0 radical (unpaired) electrons. The average molecular weight is 476 g/mol. The molecule has 1 heterocycles. The van der Waals surface area contributed by atoms with Gasteiger partial charge in [-0.1, -0.05) is 31.2 Å². The first-order valence-corrected chi connectivity index (χ1v) is 9.88. The van der Waals surface area contributed by atoms with Crippen LogP contribution >= 0.6 is 35.7 Å². The number of nitrogens with one attached hydrogen (secondary N) is 2. The van der Waals surface area contributed by atoms with Crippen LogP contribution in [0.3, 0.4) is 0 Å². The molecule has 142 valence electrons. The standard InChI is InChI=1S/C19H32N4S.HI/c1-5-23(4)14-17-9-6-8-16(12-17)13-21-18(20-3)22-15-19(2)10-7-11-24-19;/h6,8-9,12H,5,7,10-11,13-15H2,1-4H3,(H2,20,21,22);1H. The summed E-state index contributed by atoms with van der Waals surface area (Å²) in [5.41, 5.74) is 2.65. The van der Waals surface area contributed by atoms with Crippen LogP contribution in [-0.4, -0.2) is 48.5 Å². The molecule has 2 N–H and O–H groups in total. The van der Waals surface area contributed by atoms with Crippen molar-refractivity contribution < 1.29 is 0 Å². The fourth-order valence-corrected chi connectivity index (χ4v) is 4.16. The number of aliphatic imine (C=N–C) groups is 1. The number of rotatable bonds is 7. The van der Waals surface area contributed by atoms with Crippen LogP contribution < -0.4 is 10.6 Å². The van der Waals surface area contributed by atoms with Crippen LogP contribution in [0.25, 0.3) is 0 Å². The lowest BCUT2D eigenvalue weighted by molar-refractivity contribution is 0.345. The Morgan fingerprint density at radius 1 is 1.32 bits per heavy atom. The molecule has 25 heavy (non-hydrogen) atoms. The van der Waals surface area contributed by atoms with Crippen LogP contribution in [0.1, 0.15) is 37.8 Å². The average Bonchev–Trinajstić information content (AvgIpc) is 3.02. The maximum Gasteiger partial charge on any atom is 0.191 e. The number of nitrogens with zero attached hydrogens (tertiary/aromatic N) is 2. The minimum atomic E-state index is 0. The van der Waals surface area contributed by atoms with Gasteiger partial charge in [0.1, 0.15) is 0 Å². The van der Waals surface area contributed by atoms with Crippen LogP contribution in [0.5, 0.6) is 0 Å². The molecule has 1 aromatic rings. The SMILES string of the molecule is CCN(C)Cc1cccc(CNC(=NC)NCC2(C)CCCS2)c1.I. The second-order valence-electron chi connectivity index (χ2n) is 6.83. The largest absolute Gasteiger partial charge is 0.355 e. The van der Waals surface area contributed by atoms with E-state index in [1.54, 1.807) is 0 Å². The number of hydrogen-bond acceptors (Lipinski definition) is 3. The maximum absolute atomic E-state index is 4.36. The molecule has 0 amide bonds. The van der Waals surface area contributed by atoms with Crippen LogP contribution in [0.15, 0.2) is 29.3 Å². The zero-order chi connectivity index (χ0) is 17.4. The van der Waals surface area contributed by atoms with Gasteiger partial charge in [0.2, 0.25) is 0 Å². The smallest absolute Gasteiger partial charge is 0.191 e. The Morgan fingerprint density at radius 3 is 2.72 bits per heavy atom. The van der Waals surface area contributed by atoms with E-state index in [4.69, 9.17) is 0 Å². The van der Waals surface area contributed by atoms with E-state index in [0.717, 1.165) is 32.1 Å². The highest BCUT2D eigenvalue weighted by Crippen LogP contribution is 2.36. The molecule has 0 spiro atoms. The molecule has 0 aliphatic carbocycles. The summed E-state index contributed by atoms with van der Waals surface area (Å²) in [5, 5.41) is 6.93. The summed E-state index contributed by atoms with van der Waals surface area (Å²) in [6, 6.07) is 8.79. The van der Waals surface area contributed by atoms with Gasteiger partial charge >= 0.3 is 0 Å². The molecule has 1 aromatic carbocycles. The van der Waals surface area contributed by atoms with Crippen LogP contribution in [-0.2, 0) is 13.1 Å². The van der Waals surface area contributed by atoms with E-state index in [9.17, 15) is 0 Å². The minimum Gasteiger partial charge on any atom is -0.355 e. The summed E-state index contributed by atoms with van der Waals surface area (Å²) in [7, 11) is 3.99. The number of hydrogen-bond donors (Lipinski definition) is 2. The molecular formula is C19H33IN4S. The number of benzene rings is 1. The van der Waals surface area contributed by atoms with E-state index in [0.29, 0.717) is 4.75 Å². The summed E-state index contributed by atoms with van der Waals surface area (Å²) in [4.78, 5) is 6.67. The van der Waals surface area contributed by atoms with Gasteiger partial charge in [-0.05, 0) is 50.2 Å². The zero-order valence-corrected chi connectivity index (χ0v) is 19.1. The second kappa shape index (κ2) is 11.3. The molecule has 1 unspecified atom stereocenters. The zero-order valence-electron chi connectivity index (χ0n) is 16.0. The maximum atomic E-state index is 4.36. The van der Waals surface area contributed by atoms with Crippen molar-refractivity contribution in [3.8, 4) is 0 Å². The van der Waals surface area contributed by atoms with Crippen molar-refractivity contribution in [2.45, 2.75) is 44.5 Å². The number of guanidine groups is 1. The molecular weight excluding hydrogens is 443 g/mol. The van der Waals surface area contributed by atoms with E-state index in [1.807, 2.05) is 7.05 Å². The lowest BCUT2D eigenvalue weighted by Gasteiger charge is -2.24. The van der Waals surface area contributed by atoms with Gasteiger partial charge in [0, 0.05) is 31.4 Å². The van der Waals surface area contributed by atoms with E-state index < -0.39 is 0 Å². The van der Waals surface area contributed by atoms with Crippen molar-refractivity contribution in [2.24, 2.45) is 4.99 Å². The monoisotopic (exact) mass is 476 g/mol. The topological polar surface area (TPSA) is 39.7 Å². The van der Waals surface area contributed by atoms with Gasteiger partial charge in [-0.25, -0.2) is 0 Å². The quantitative estimate of drug-likeness (QED) is 0.358. The fourth-order valence-electron chi connectivity index (χ4n) is 2.91. The molecule has 2 rings (SSSR count). The summed E-state index contributed by atoms with van der Waals surface area (Å²) in [5.74, 6) is 2.17. The highest BCUT2D eigenvalue weighted by atomic mass is 127. The number of halogens is 1. The summed E-state index contributed by atoms with van der Waals surface area (Å²) < 4.78 is 0.349. The van der Waals surface area contributed by atoms with Gasteiger partial charge in [0.25, 0.3) is 0 Å². The van der Waals surface area contributed by atoms with E-state index in [1.165, 1.54) is 29.7 Å². The third kappa shape index (κ3) is 7.74. The molecule has 1 saturated heterocycles. The Morgan fingerprint density at radius 2 is 2.08 bits per heavy atom. The Labute approximate surface area is 174 Å². The van der Waals surface area contributed by atoms with Crippen molar-refractivity contribution in [1.29, 1.82) is 0 Å². The molecule has 1 aliphatic rings. The summed E-state index contributed by atoms with van der Waals surface area (Å²) in [6.45, 7) is 8.36. The number of thioether (sulfide) groups is 1. The third-order valence-electron chi connectivity index (χ3n) is 4.60. The molecule has 0 bridgehead atoms. The lowest BCUT2D eigenvalue weighted by Crippen LogP contribution is -2.43. The van der Waals surface area contributed by atoms with Crippen LogP contribution in [0.4, 0.5) is 0 Å². The molecule has 1 fully saturated rings. The molecule has 0 saturated carbocycles. The van der Waals surface area contributed by atoms with Crippen molar-refractivity contribution in [3.63, 3.8) is 0 Å². The molecule has 4 nitrogen and oxygen atoms in total. The van der Waals surface area contributed by atoms with Gasteiger partial charge in [-0.3, -0.25) is 4.99 Å². The second-order valence-corrected chi connectivity index (χ2v) is 8.51. The van der Waals surface area contributed by atoms with E-state index in [-0.39, 0.29) is 24.0 Å². The van der Waals surface area contributed by atoms with Crippen molar-refractivity contribution in [1.82, 2.24) is 15.5 Å². The van der Waals surface area contributed by atoms with E-state index in [2.05, 4.69) is 77.4 Å². The first kappa shape index (κ1) is 22.6. The fraction of sp³-hybridized carbons (Fsp3) is 0.632. The van der Waals surface area contributed by atoms with Gasteiger partial charge in [0.15, 0.2) is 5.96 Å². The van der Waals surface area contributed by atoms with Crippen LogP contribution in [0, 0.1) is 0 Å². The Hall–Kier alpha value is -0.470. The molecule has 1 aliphatic heterocycles. The first-order valence-electron chi connectivity index (χ1n) is 8.89. The minimum absolute atomic E-state index is 0. The molecule has 6 heteroatoms. The first-order chi connectivity index (χ1) is 11.5. The van der Waals surface area contributed by atoms with Gasteiger partial charge in [-0.2, -0.15) is 11.8 Å². The predicted octanol–water partition coefficient (Wildman–Crippen LogP) is 3.71. The predicted molar refractivity (Wildman–Crippen MR) is 122 cm³/mol. The normalized spacial score (nSPS) is 20.4. The highest BCUT2D eigenvalue weighted by Gasteiger charge is 2.29. The Kier molecular flexibility index (Phi) is 10.2. The Bertz CT molecular complexity index is 544.